The maximum Gasteiger partial charge on any atom is 0.304 e. The van der Waals surface area contributed by atoms with E-state index in [0.717, 1.165) is 8.61 Å². The normalized spacial score (nSPS) is 12.8. The number of nitrogens with one attached hydrogen (secondary N) is 1. The van der Waals surface area contributed by atoms with Crippen LogP contribution in [0.5, 0.6) is 0 Å². The van der Waals surface area contributed by atoms with E-state index in [1.165, 1.54) is 19.0 Å². The molecule has 198 valence electrons. The van der Waals surface area contributed by atoms with Crippen molar-refractivity contribution >= 4 is 50.9 Å². The molecule has 0 radical (unpaired) electrons. The fourth-order valence-corrected chi connectivity index (χ4v) is 4.89. The molecule has 11 heteroatoms. The third-order valence-corrected chi connectivity index (χ3v) is 7.84. The van der Waals surface area contributed by atoms with E-state index in [9.17, 15) is 18.0 Å². The Hall–Kier alpha value is -2.33. The van der Waals surface area contributed by atoms with Gasteiger partial charge in [-0.1, -0.05) is 54.4 Å². The lowest BCUT2D eigenvalue weighted by Gasteiger charge is -2.35. The maximum absolute atomic E-state index is 13.8. The molecule has 0 aromatic heterocycles. The number of para-hydroxylation sites is 1. The molecule has 2 amide bonds. The molecule has 0 heterocycles. The van der Waals surface area contributed by atoms with E-state index >= 15 is 0 Å². The highest BCUT2D eigenvalue weighted by atomic mass is 35.5. The Labute approximate surface area is 224 Å². The summed E-state index contributed by atoms with van der Waals surface area (Å²) in [5.41, 5.74) is 0.468. The van der Waals surface area contributed by atoms with E-state index in [1.54, 1.807) is 55.5 Å². The third-order valence-electron chi connectivity index (χ3n) is 5.28. The third kappa shape index (κ3) is 7.83. The number of carbonyl (C=O) groups is 2. The van der Waals surface area contributed by atoms with Crippen molar-refractivity contribution < 1.29 is 18.0 Å². The molecule has 2 rings (SSSR count). The summed E-state index contributed by atoms with van der Waals surface area (Å²) >= 11 is 12.2. The molecule has 0 fully saturated rings. The molecule has 0 saturated heterocycles. The van der Waals surface area contributed by atoms with Gasteiger partial charge in [0.2, 0.25) is 11.8 Å². The van der Waals surface area contributed by atoms with Gasteiger partial charge < -0.3 is 10.2 Å². The van der Waals surface area contributed by atoms with Crippen molar-refractivity contribution in [2.75, 3.05) is 24.9 Å². The first-order valence-corrected chi connectivity index (χ1v) is 13.6. The summed E-state index contributed by atoms with van der Waals surface area (Å²) < 4.78 is 28.4. The molecule has 0 saturated carbocycles. The largest absolute Gasteiger partial charge is 0.350 e. The van der Waals surface area contributed by atoms with Gasteiger partial charge in [0.05, 0.1) is 15.7 Å². The minimum Gasteiger partial charge on any atom is -0.350 e. The second-order valence-electron chi connectivity index (χ2n) is 9.57. The van der Waals surface area contributed by atoms with Crippen molar-refractivity contribution in [3.05, 3.63) is 64.1 Å². The molecular formula is C25H34Cl2N4O4S. The number of nitrogens with zero attached hydrogens (tertiary/aromatic N) is 3. The van der Waals surface area contributed by atoms with E-state index in [2.05, 4.69) is 5.32 Å². The van der Waals surface area contributed by atoms with Crippen LogP contribution in [-0.2, 0) is 26.3 Å². The number of rotatable bonds is 10. The van der Waals surface area contributed by atoms with Gasteiger partial charge in [0.1, 0.15) is 12.6 Å². The summed E-state index contributed by atoms with van der Waals surface area (Å²) in [6.45, 7) is 6.89. The molecule has 0 aliphatic carbocycles. The molecule has 0 aliphatic heterocycles. The Kier molecular flexibility index (Phi) is 10.2. The van der Waals surface area contributed by atoms with Crippen molar-refractivity contribution in [2.45, 2.75) is 52.2 Å². The van der Waals surface area contributed by atoms with Gasteiger partial charge in [0.25, 0.3) is 0 Å². The summed E-state index contributed by atoms with van der Waals surface area (Å²) in [5, 5.41) is 3.60. The second kappa shape index (κ2) is 12.3. The maximum atomic E-state index is 13.8. The Morgan fingerprint density at radius 1 is 1.00 bits per heavy atom. The van der Waals surface area contributed by atoms with E-state index < -0.39 is 34.2 Å². The number of hydrogen-bond donors (Lipinski definition) is 1. The van der Waals surface area contributed by atoms with Crippen LogP contribution >= 0.6 is 23.2 Å². The smallest absolute Gasteiger partial charge is 0.304 e. The van der Waals surface area contributed by atoms with Gasteiger partial charge >= 0.3 is 10.2 Å². The highest BCUT2D eigenvalue weighted by Crippen LogP contribution is 2.25. The number of hydrogen-bond acceptors (Lipinski definition) is 4. The molecule has 8 nitrogen and oxygen atoms in total. The molecule has 36 heavy (non-hydrogen) atoms. The number of anilines is 1. The topological polar surface area (TPSA) is 90.0 Å². The van der Waals surface area contributed by atoms with Gasteiger partial charge in [-0.15, -0.1) is 0 Å². The summed E-state index contributed by atoms with van der Waals surface area (Å²) in [4.78, 5) is 28.4. The number of amides is 2. The van der Waals surface area contributed by atoms with Crippen LogP contribution in [0.15, 0.2) is 48.5 Å². The average Bonchev–Trinajstić information content (AvgIpc) is 2.78. The van der Waals surface area contributed by atoms with E-state index in [-0.39, 0.29) is 12.5 Å². The van der Waals surface area contributed by atoms with Crippen molar-refractivity contribution in [2.24, 2.45) is 0 Å². The first kappa shape index (κ1) is 29.9. The van der Waals surface area contributed by atoms with Gasteiger partial charge in [-0.2, -0.15) is 12.7 Å². The standard InChI is InChI=1S/C25H34Cl2N4O4S/c1-7-22(24(33)28-25(2,3)4)30(16-18-13-14-20(26)21(27)15-18)23(32)17-31(36(34,35)29(5)6)19-11-9-8-10-12-19/h8-15,22H,7,16-17H2,1-6H3,(H,28,33). The van der Waals surface area contributed by atoms with Crippen LogP contribution in [-0.4, -0.2) is 61.7 Å². The molecule has 1 atom stereocenters. The van der Waals surface area contributed by atoms with Gasteiger partial charge in [0, 0.05) is 26.2 Å². The van der Waals surface area contributed by atoms with Gasteiger partial charge in [-0.25, -0.2) is 4.31 Å². The molecular weight excluding hydrogens is 523 g/mol. The Morgan fingerprint density at radius 3 is 2.11 bits per heavy atom. The van der Waals surface area contributed by atoms with Gasteiger partial charge in [-0.05, 0) is 57.0 Å². The predicted octanol–water partition coefficient (Wildman–Crippen LogP) is 4.33. The highest BCUT2D eigenvalue weighted by molar-refractivity contribution is 7.90. The Balaban J connectivity index is 2.52. The number of benzene rings is 2. The molecule has 1 N–H and O–H groups in total. The SMILES string of the molecule is CCC(C(=O)NC(C)(C)C)N(Cc1ccc(Cl)c(Cl)c1)C(=O)CN(c1ccccc1)S(=O)(=O)N(C)C. The fourth-order valence-electron chi connectivity index (χ4n) is 3.52. The highest BCUT2D eigenvalue weighted by Gasteiger charge is 2.34. The van der Waals surface area contributed by atoms with Crippen molar-refractivity contribution in [1.29, 1.82) is 0 Å². The lowest BCUT2D eigenvalue weighted by atomic mass is 10.1. The summed E-state index contributed by atoms with van der Waals surface area (Å²) in [7, 11) is -1.21. The second-order valence-corrected chi connectivity index (χ2v) is 12.4. The Morgan fingerprint density at radius 2 is 1.61 bits per heavy atom. The average molecular weight is 558 g/mol. The first-order valence-electron chi connectivity index (χ1n) is 11.5. The van der Waals surface area contributed by atoms with Gasteiger partial charge in [0.15, 0.2) is 0 Å². The minimum atomic E-state index is -4.01. The first-order chi connectivity index (χ1) is 16.7. The monoisotopic (exact) mass is 556 g/mol. The summed E-state index contributed by atoms with van der Waals surface area (Å²) in [6.07, 6.45) is 0.320. The molecule has 0 spiro atoms. The van der Waals surface area contributed by atoms with Crippen LogP contribution in [0.3, 0.4) is 0 Å². The lowest BCUT2D eigenvalue weighted by molar-refractivity contribution is -0.141. The Bertz CT molecular complexity index is 1170. The summed E-state index contributed by atoms with van der Waals surface area (Å²) in [6, 6.07) is 12.5. The van der Waals surface area contributed by atoms with Crippen molar-refractivity contribution in [3.8, 4) is 0 Å². The van der Waals surface area contributed by atoms with Crippen LogP contribution in [0, 0.1) is 0 Å². The number of halogens is 2. The molecule has 0 bridgehead atoms. The van der Waals surface area contributed by atoms with E-state index in [4.69, 9.17) is 23.2 Å². The van der Waals surface area contributed by atoms with Crippen LogP contribution < -0.4 is 9.62 Å². The number of carbonyl (C=O) groups excluding carboxylic acids is 2. The molecule has 2 aromatic carbocycles. The quantitative estimate of drug-likeness (QED) is 0.471. The van der Waals surface area contributed by atoms with Crippen LogP contribution in [0.2, 0.25) is 10.0 Å². The van der Waals surface area contributed by atoms with Gasteiger partial charge in [-0.3, -0.25) is 9.59 Å². The van der Waals surface area contributed by atoms with Crippen molar-refractivity contribution in [3.63, 3.8) is 0 Å². The fraction of sp³-hybridized carbons (Fsp3) is 0.440. The zero-order valence-corrected chi connectivity index (χ0v) is 23.8. The zero-order valence-electron chi connectivity index (χ0n) is 21.5. The minimum absolute atomic E-state index is 0.0381. The molecule has 2 aromatic rings. The molecule has 1 unspecified atom stereocenters. The van der Waals surface area contributed by atoms with Crippen LogP contribution in [0.25, 0.3) is 0 Å². The summed E-state index contributed by atoms with van der Waals surface area (Å²) in [5.74, 6) is -0.869. The lowest BCUT2D eigenvalue weighted by Crippen LogP contribution is -2.55. The van der Waals surface area contributed by atoms with Crippen molar-refractivity contribution in [1.82, 2.24) is 14.5 Å². The predicted molar refractivity (Wildman–Crippen MR) is 145 cm³/mol. The van der Waals surface area contributed by atoms with Crippen LogP contribution in [0.4, 0.5) is 5.69 Å². The van der Waals surface area contributed by atoms with E-state index in [0.29, 0.717) is 27.7 Å². The van der Waals surface area contributed by atoms with E-state index in [1.807, 2.05) is 20.8 Å². The molecule has 0 aliphatic rings. The zero-order chi connectivity index (χ0) is 27.3. The van der Waals surface area contributed by atoms with Crippen LogP contribution in [0.1, 0.15) is 39.7 Å².